The molecule has 9 heteroatoms. The molecule has 2 aliphatic heterocycles. The number of aliphatic imine (C=N–C) groups is 1. The molecule has 2 bridgehead atoms. The Morgan fingerprint density at radius 2 is 1.77 bits per heavy atom. The maximum absolute atomic E-state index is 13.3. The molecule has 0 aromatic heterocycles. The first-order valence-corrected chi connectivity index (χ1v) is 15.6. The summed E-state index contributed by atoms with van der Waals surface area (Å²) in [6.07, 6.45) is 3.16. The molecule has 2 heterocycles. The Morgan fingerprint density at radius 3 is 2.44 bits per heavy atom. The smallest absolute Gasteiger partial charge is 0.261 e. The molecule has 0 radical (unpaired) electrons. The van der Waals surface area contributed by atoms with Gasteiger partial charge in [0.15, 0.2) is 5.96 Å². The lowest BCUT2D eigenvalue weighted by Gasteiger charge is -2.64. The average molecular weight is 588 g/mol. The molecule has 5 aliphatic rings. The molecule has 3 aliphatic carbocycles. The predicted octanol–water partition coefficient (Wildman–Crippen LogP) is 4.57. The number of carbonyl (C=O) groups excluding carboxylic acids is 2. The second kappa shape index (κ2) is 11.2. The predicted molar refractivity (Wildman–Crippen MR) is 167 cm³/mol. The summed E-state index contributed by atoms with van der Waals surface area (Å²) in [5, 5.41) is 0. The van der Waals surface area contributed by atoms with Gasteiger partial charge in [-0.1, -0.05) is 26.8 Å². The van der Waals surface area contributed by atoms with Crippen LogP contribution in [0.4, 0.5) is 5.69 Å². The molecule has 2 aromatic carbocycles. The fraction of sp³-hybridized carbons (Fsp3) is 0.559. The van der Waals surface area contributed by atoms with Crippen LogP contribution in [0.1, 0.15) is 66.8 Å². The van der Waals surface area contributed by atoms with E-state index in [1.54, 1.807) is 38.5 Å². The van der Waals surface area contributed by atoms with E-state index < -0.39 is 0 Å². The van der Waals surface area contributed by atoms with E-state index in [1.807, 2.05) is 12.1 Å². The molecule has 2 N–H and O–H groups in total. The summed E-state index contributed by atoms with van der Waals surface area (Å²) in [5.74, 6) is 3.56. The largest absolute Gasteiger partial charge is 0.497 e. The first kappa shape index (κ1) is 29.5. The minimum atomic E-state index is -0.312. The van der Waals surface area contributed by atoms with E-state index in [1.165, 1.54) is 17.7 Å². The van der Waals surface area contributed by atoms with E-state index in [4.69, 9.17) is 20.2 Å². The van der Waals surface area contributed by atoms with Crippen LogP contribution in [0.25, 0.3) is 0 Å². The lowest BCUT2D eigenvalue weighted by molar-refractivity contribution is -0.147. The van der Waals surface area contributed by atoms with Crippen molar-refractivity contribution in [2.45, 2.75) is 59.0 Å². The maximum atomic E-state index is 13.3. The van der Waals surface area contributed by atoms with Gasteiger partial charge in [-0.25, -0.2) is 4.99 Å². The van der Waals surface area contributed by atoms with Gasteiger partial charge in [0.1, 0.15) is 11.5 Å². The molecule has 2 amide bonds. The van der Waals surface area contributed by atoms with E-state index in [-0.39, 0.29) is 18.4 Å². The number of guanidine groups is 1. The van der Waals surface area contributed by atoms with Crippen LogP contribution < -0.4 is 15.2 Å². The molecule has 9 nitrogen and oxygen atoms in total. The van der Waals surface area contributed by atoms with Gasteiger partial charge in [-0.15, -0.1) is 0 Å². The number of imide groups is 1. The molecule has 5 atom stereocenters. The standard InChI is InChI=1S/C34H45N5O4/c1-20-19-37(13-14-38(20)29-16-23-15-28(21(29)2)34(23,3)4)33(35)36-24-8-10-26-27(17-24)32(41)39(31(26)40)12-11-22-7-9-25(42-5)18-30(22)43-6/h7-10,17-18,20-21,23,28-29H,11-16,19H2,1-6H3,(H2,35,36)/t20-,21+,23-,28-,29-/m0/s1. The Balaban J connectivity index is 1.10. The van der Waals surface area contributed by atoms with Gasteiger partial charge in [0.2, 0.25) is 0 Å². The van der Waals surface area contributed by atoms with Crippen LogP contribution in [-0.2, 0) is 6.42 Å². The number of carbonyl (C=O) groups is 2. The normalized spacial score (nSPS) is 28.5. The van der Waals surface area contributed by atoms with Crippen molar-refractivity contribution >= 4 is 23.5 Å². The molecular formula is C34H45N5O4. The van der Waals surface area contributed by atoms with Crippen LogP contribution in [-0.4, -0.2) is 85.0 Å². The minimum Gasteiger partial charge on any atom is -0.497 e. The minimum absolute atomic E-state index is 0.247. The van der Waals surface area contributed by atoms with Crippen LogP contribution in [0.2, 0.25) is 0 Å². The van der Waals surface area contributed by atoms with E-state index in [0.29, 0.717) is 64.1 Å². The number of piperazine rings is 1. The van der Waals surface area contributed by atoms with Gasteiger partial charge in [-0.05, 0) is 79.2 Å². The van der Waals surface area contributed by atoms with E-state index >= 15 is 0 Å². The highest BCUT2D eigenvalue weighted by molar-refractivity contribution is 6.21. The van der Waals surface area contributed by atoms with Gasteiger partial charge in [-0.3, -0.25) is 19.4 Å². The van der Waals surface area contributed by atoms with Gasteiger partial charge in [-0.2, -0.15) is 0 Å². The number of methoxy groups -OCH3 is 2. The first-order chi connectivity index (χ1) is 20.5. The quantitative estimate of drug-likeness (QED) is 0.288. The van der Waals surface area contributed by atoms with Crippen molar-refractivity contribution in [1.29, 1.82) is 0 Å². The van der Waals surface area contributed by atoms with Gasteiger partial charge in [0.25, 0.3) is 11.8 Å². The number of rotatable bonds is 7. The lowest BCUT2D eigenvalue weighted by Crippen LogP contribution is -2.65. The fourth-order valence-electron chi connectivity index (χ4n) is 8.28. The fourth-order valence-corrected chi connectivity index (χ4v) is 8.28. The number of hydrogen-bond acceptors (Lipinski definition) is 6. The highest BCUT2D eigenvalue weighted by Crippen LogP contribution is 2.62. The second-order valence-corrected chi connectivity index (χ2v) is 13.4. The molecule has 7 rings (SSSR count). The number of nitrogens with two attached hydrogens (primary N) is 1. The molecule has 43 heavy (non-hydrogen) atoms. The molecule has 1 saturated heterocycles. The summed E-state index contributed by atoms with van der Waals surface area (Å²) < 4.78 is 10.8. The number of hydrogen-bond donors (Lipinski definition) is 1. The van der Waals surface area contributed by atoms with Crippen molar-refractivity contribution in [3.63, 3.8) is 0 Å². The third kappa shape index (κ3) is 5.05. The summed E-state index contributed by atoms with van der Waals surface area (Å²) in [4.78, 5) is 37.3. The summed E-state index contributed by atoms with van der Waals surface area (Å²) in [7, 11) is 3.19. The number of benzene rings is 2. The highest BCUT2D eigenvalue weighted by Gasteiger charge is 2.57. The molecule has 0 unspecified atom stereocenters. The number of ether oxygens (including phenoxy) is 2. The van der Waals surface area contributed by atoms with Crippen LogP contribution in [0, 0.1) is 23.2 Å². The zero-order chi connectivity index (χ0) is 30.6. The number of fused-ring (bicyclic) bond motifs is 3. The zero-order valence-electron chi connectivity index (χ0n) is 26.3. The van der Waals surface area contributed by atoms with Crippen molar-refractivity contribution in [3.8, 4) is 11.5 Å². The van der Waals surface area contributed by atoms with Crippen molar-refractivity contribution in [2.75, 3.05) is 40.4 Å². The average Bonchev–Trinajstić information content (AvgIpc) is 3.23. The van der Waals surface area contributed by atoms with Crippen molar-refractivity contribution in [3.05, 3.63) is 53.1 Å². The molecule has 3 saturated carbocycles. The second-order valence-electron chi connectivity index (χ2n) is 13.4. The van der Waals surface area contributed by atoms with Gasteiger partial charge >= 0.3 is 0 Å². The SMILES string of the molecule is COc1ccc(CCN2C(=O)c3ccc(N=C(N)N4CCN([C@H]5C[C@@H]6C[C@@H]([C@H]5C)C6(C)C)[C@@H](C)C4)cc3C2=O)c(OC)c1. The Morgan fingerprint density at radius 1 is 1.00 bits per heavy atom. The molecular weight excluding hydrogens is 542 g/mol. The molecule has 2 aromatic rings. The van der Waals surface area contributed by atoms with Crippen LogP contribution in [0.5, 0.6) is 11.5 Å². The summed E-state index contributed by atoms with van der Waals surface area (Å²) in [5.41, 5.74) is 9.25. The molecule has 0 spiro atoms. The van der Waals surface area contributed by atoms with Crippen LogP contribution in [0.3, 0.4) is 0 Å². The van der Waals surface area contributed by atoms with Gasteiger partial charge < -0.3 is 20.1 Å². The van der Waals surface area contributed by atoms with Crippen molar-refractivity contribution in [1.82, 2.24) is 14.7 Å². The topological polar surface area (TPSA) is 101 Å². The summed E-state index contributed by atoms with van der Waals surface area (Å²) in [6, 6.07) is 11.7. The third-order valence-electron chi connectivity index (χ3n) is 11.0. The summed E-state index contributed by atoms with van der Waals surface area (Å²) >= 11 is 0. The highest BCUT2D eigenvalue weighted by atomic mass is 16.5. The maximum Gasteiger partial charge on any atom is 0.261 e. The van der Waals surface area contributed by atoms with Crippen LogP contribution >= 0.6 is 0 Å². The van der Waals surface area contributed by atoms with Gasteiger partial charge in [0.05, 0.1) is 31.0 Å². The van der Waals surface area contributed by atoms with Crippen molar-refractivity contribution < 1.29 is 19.1 Å². The molecule has 4 fully saturated rings. The Kier molecular flexibility index (Phi) is 7.65. The zero-order valence-corrected chi connectivity index (χ0v) is 26.3. The Bertz CT molecular complexity index is 1450. The summed E-state index contributed by atoms with van der Waals surface area (Å²) in [6.45, 7) is 12.5. The Labute approximate surface area is 255 Å². The molecule has 230 valence electrons. The third-order valence-corrected chi connectivity index (χ3v) is 11.0. The van der Waals surface area contributed by atoms with Crippen LogP contribution in [0.15, 0.2) is 41.4 Å². The number of amides is 2. The Hall–Kier alpha value is -3.59. The van der Waals surface area contributed by atoms with Gasteiger partial charge in [0, 0.05) is 44.3 Å². The van der Waals surface area contributed by atoms with E-state index in [0.717, 1.165) is 37.0 Å². The van der Waals surface area contributed by atoms with E-state index in [9.17, 15) is 9.59 Å². The lowest BCUT2D eigenvalue weighted by atomic mass is 9.44. The number of nitrogens with zero attached hydrogens (tertiary/aromatic N) is 4. The monoisotopic (exact) mass is 587 g/mol. The van der Waals surface area contributed by atoms with Crippen molar-refractivity contribution in [2.24, 2.45) is 33.9 Å². The van der Waals surface area contributed by atoms with E-state index in [2.05, 4.69) is 37.5 Å². The first-order valence-electron chi connectivity index (χ1n) is 15.6.